The van der Waals surface area contributed by atoms with Crippen molar-refractivity contribution in [2.24, 2.45) is 50.2 Å². The molecule has 11 rings (SSSR count). The first-order chi connectivity index (χ1) is 47.6. The number of carboxylic acids is 1. The van der Waals surface area contributed by atoms with E-state index in [0.717, 1.165) is 0 Å². The quantitative estimate of drug-likeness (QED) is 0.0422. The number of rotatable bonds is 17. The van der Waals surface area contributed by atoms with Crippen molar-refractivity contribution in [1.82, 2.24) is 0 Å². The Balaban J connectivity index is 0.915. The van der Waals surface area contributed by atoms with Crippen molar-refractivity contribution in [2.75, 3.05) is 13.2 Å². The van der Waals surface area contributed by atoms with Gasteiger partial charge in [-0.1, -0.05) is 60.6 Å². The monoisotopic (exact) mass is 1460 g/mol. The Bertz CT molecular complexity index is 3080. The highest BCUT2D eigenvalue weighted by Crippen LogP contribution is 2.82. The van der Waals surface area contributed by atoms with E-state index in [4.69, 9.17) is 61.6 Å². The van der Waals surface area contributed by atoms with Crippen LogP contribution >= 0.6 is 0 Å². The Morgan fingerprint density at radius 1 is 0.480 bits per heavy atom. The fourth-order valence-electron chi connectivity index (χ4n) is 20.6. The summed E-state index contributed by atoms with van der Waals surface area (Å²) in [7, 11) is 0. The second kappa shape index (κ2) is 29.0. The zero-order chi connectivity index (χ0) is 75.1. The number of hydrogen-bond acceptors (Lipinski definition) is 31. The number of fused-ring (bicyclic) bond motifs is 4. The van der Waals surface area contributed by atoms with E-state index in [1.54, 1.807) is 39.8 Å². The predicted molar refractivity (Wildman–Crippen MR) is 343 cm³/mol. The van der Waals surface area contributed by atoms with Crippen LogP contribution in [-0.4, -0.2) is 303 Å². The van der Waals surface area contributed by atoms with Crippen LogP contribution in [-0.2, 0) is 76.0 Å². The smallest absolute Gasteiger partial charge is 0.335 e. The van der Waals surface area contributed by atoms with Gasteiger partial charge in [0, 0.05) is 27.9 Å². The first-order valence-electron chi connectivity index (χ1n) is 35.8. The molecule has 6 aliphatic heterocycles. The van der Waals surface area contributed by atoms with Crippen molar-refractivity contribution in [2.45, 2.75) is 331 Å². The molecule has 2 bridgehead atoms. The number of aliphatic hydroxyl groups is 15. The van der Waals surface area contributed by atoms with E-state index >= 15 is 0 Å². The molecule has 0 amide bonds. The van der Waals surface area contributed by atoms with Crippen LogP contribution in [0.1, 0.15) is 141 Å². The van der Waals surface area contributed by atoms with Crippen molar-refractivity contribution in [3.8, 4) is 0 Å². The van der Waals surface area contributed by atoms with Gasteiger partial charge in [0.05, 0.1) is 48.6 Å². The predicted octanol–water partition coefficient (Wildman–Crippen LogP) is -2.08. The average Bonchev–Trinajstić information content (AvgIpc) is 1.40. The van der Waals surface area contributed by atoms with Crippen LogP contribution in [0.2, 0.25) is 0 Å². The summed E-state index contributed by atoms with van der Waals surface area (Å²) in [6.07, 6.45) is -48.3. The van der Waals surface area contributed by atoms with Gasteiger partial charge in [0.15, 0.2) is 49.9 Å². The summed E-state index contributed by atoms with van der Waals surface area (Å²) in [5.74, 6) is -4.06. The topological polar surface area (TPSA) is 495 Å². The van der Waals surface area contributed by atoms with Crippen molar-refractivity contribution in [3.05, 3.63) is 23.3 Å². The summed E-state index contributed by atoms with van der Waals surface area (Å²) >= 11 is 0. The maximum Gasteiger partial charge on any atom is 0.335 e. The van der Waals surface area contributed by atoms with Crippen LogP contribution in [0.3, 0.4) is 0 Å². The van der Waals surface area contributed by atoms with E-state index in [1.165, 1.54) is 13.8 Å². The van der Waals surface area contributed by atoms with E-state index in [0.29, 0.717) is 44.1 Å². The second-order valence-electron chi connectivity index (χ2n) is 32.8. The van der Waals surface area contributed by atoms with E-state index in [1.807, 2.05) is 27.7 Å². The van der Waals surface area contributed by atoms with Crippen LogP contribution in [0.5, 0.6) is 0 Å². The zero-order valence-corrected chi connectivity index (χ0v) is 60.0. The third-order valence-electron chi connectivity index (χ3n) is 26.8. The van der Waals surface area contributed by atoms with Gasteiger partial charge < -0.3 is 143 Å². The number of hydrogen-bond donors (Lipinski definition) is 16. The molecular formula is C70H110O32. The molecule has 18 unspecified atom stereocenters. The number of aliphatic hydroxyl groups excluding tert-OH is 15. The molecule has 582 valence electrons. The van der Waals surface area contributed by atoms with Gasteiger partial charge in [-0.15, -0.1) is 0 Å². The van der Waals surface area contributed by atoms with Gasteiger partial charge in [-0.3, -0.25) is 0 Å². The molecule has 1 spiro atoms. The van der Waals surface area contributed by atoms with E-state index in [9.17, 15) is 96.1 Å². The average molecular weight is 1460 g/mol. The van der Waals surface area contributed by atoms with Gasteiger partial charge in [-0.25, -0.2) is 14.4 Å². The summed E-state index contributed by atoms with van der Waals surface area (Å²) in [5, 5.41) is 182. The Morgan fingerprint density at radius 3 is 1.53 bits per heavy atom. The molecule has 32 nitrogen and oxygen atoms in total. The van der Waals surface area contributed by atoms with Crippen LogP contribution in [0.15, 0.2) is 23.3 Å². The Kier molecular flexibility index (Phi) is 22.7. The first kappa shape index (κ1) is 79.9. The molecule has 16 N–H and O–H groups in total. The molecule has 6 heterocycles. The zero-order valence-electron chi connectivity index (χ0n) is 60.0. The van der Waals surface area contributed by atoms with Crippen LogP contribution in [0.4, 0.5) is 0 Å². The van der Waals surface area contributed by atoms with Crippen molar-refractivity contribution in [3.63, 3.8) is 0 Å². The summed E-state index contributed by atoms with van der Waals surface area (Å²) in [6, 6.07) is 0. The number of carboxylic acid groups (broad SMARTS) is 1. The number of aliphatic carboxylic acids is 1. The molecule has 0 aromatic rings. The number of carbonyl (C=O) groups is 3. The largest absolute Gasteiger partial charge is 0.479 e. The molecule has 38 atom stereocenters. The first-order valence-corrected chi connectivity index (χ1v) is 35.8. The summed E-state index contributed by atoms with van der Waals surface area (Å²) in [6.45, 7) is 21.8. The third-order valence-corrected chi connectivity index (χ3v) is 26.8. The lowest BCUT2D eigenvalue weighted by Crippen LogP contribution is -2.77. The Morgan fingerprint density at radius 2 is 0.951 bits per heavy atom. The summed E-state index contributed by atoms with van der Waals surface area (Å²) in [5.41, 5.74) is -6.01. The second-order valence-corrected chi connectivity index (χ2v) is 32.8. The number of carbonyl (C=O) groups excluding carboxylic acids is 2. The van der Waals surface area contributed by atoms with Gasteiger partial charge in [-0.05, 0) is 121 Å². The molecule has 11 fully saturated rings. The standard InChI is InChI=1S/C70H110O32/c1-14-26(3)56(87)100-53-54(101-57(88)27(4)15-2)70-34(22-64(53,7)8)69(102-63(70)89)21-17-33-66(11)19-18-36(65(9,10)32(66)16-20-67(33,12)68(69,13)23-35(70)73)94-62-52(99-59-46(83)42(79)39(76)30(24-71)92-59)48(47(84)49(96-62)55(85)86)95-61-51(44(81)40(77)31(25-72)93-61)98-60-50(43(80)38(75)29(6)91-60)97-58-45(82)41(78)37(74)28(5)90-58/h14-15,28-54,58-63,71-84,89H,16-25H2,1-13H3,(H,85,86)/b26-14-,27-15-/t28?,29?,30?,31?,32?,33?,34?,35-,36+,37+,38+,39+,40+,41?,42?,43?,44?,45?,46?,47+,48?,49?,50?,51?,52?,53+,54+,58+,59+,60+,61+,62-,63+,66+,67-,68+,69+,70-/m1/s1. The Hall–Kier alpha value is -3.15. The minimum absolute atomic E-state index is 0.101. The lowest BCUT2D eigenvalue weighted by atomic mass is 9.30. The van der Waals surface area contributed by atoms with E-state index in [2.05, 4.69) is 20.8 Å². The molecule has 0 aromatic carbocycles. The van der Waals surface area contributed by atoms with Crippen molar-refractivity contribution >= 4 is 17.9 Å². The summed E-state index contributed by atoms with van der Waals surface area (Å²) in [4.78, 5) is 41.3. The SMILES string of the molecule is C/C=C(/C)C(=O)O[C@H]1[C@H](OC(=O)/C(C)=C\C)[C@@]23C(CC1(C)C)[C@]1(CCC4[C@@]5(C)CC[C@H](O[C@@H]6OC(C(=O)O)[C@@H](O)C(O[C@@H]7OC(CO)[C@H](O)C(O)C7O[C@@H]7OC(C)[C@H](O)C(O)C7O[C@@H]7OC(C)[C@H](O)C(O)C7O)C6O[C@@H]6OC(CO)[C@H](O)C(O)C6O)C(C)(C)C5CC[C@@]4(C)[C@]1(C)C[C@H]2O)O[C@@H]3O. The molecule has 5 saturated carbocycles. The number of esters is 2. The van der Waals surface area contributed by atoms with Gasteiger partial charge in [0.2, 0.25) is 0 Å². The Labute approximate surface area is 591 Å². The van der Waals surface area contributed by atoms with Gasteiger partial charge in [-0.2, -0.15) is 0 Å². The lowest BCUT2D eigenvalue weighted by Gasteiger charge is -2.75. The number of allylic oxidation sites excluding steroid dienone is 2. The van der Waals surface area contributed by atoms with Gasteiger partial charge in [0.1, 0.15) is 110 Å². The fraction of sp³-hybridized carbons (Fsp3) is 0.900. The maximum atomic E-state index is 14.1. The highest BCUT2D eigenvalue weighted by molar-refractivity contribution is 5.89. The molecule has 32 heteroatoms. The highest BCUT2D eigenvalue weighted by atomic mass is 16.8. The summed E-state index contributed by atoms with van der Waals surface area (Å²) < 4.78 is 81.9. The molecule has 102 heavy (non-hydrogen) atoms. The van der Waals surface area contributed by atoms with Crippen molar-refractivity contribution in [1.29, 1.82) is 0 Å². The molecule has 0 radical (unpaired) electrons. The number of ether oxygens (including phenoxy) is 13. The van der Waals surface area contributed by atoms with Crippen LogP contribution in [0.25, 0.3) is 0 Å². The van der Waals surface area contributed by atoms with Gasteiger partial charge >= 0.3 is 17.9 Å². The minimum atomic E-state index is -2.37. The lowest BCUT2D eigenvalue weighted by molar-refractivity contribution is -0.412. The van der Waals surface area contributed by atoms with Crippen LogP contribution < -0.4 is 0 Å². The normalized spacial score (nSPS) is 53.0. The van der Waals surface area contributed by atoms with E-state index < -0.39 is 259 Å². The van der Waals surface area contributed by atoms with Crippen LogP contribution in [0, 0.1) is 50.2 Å². The third kappa shape index (κ3) is 12.6. The van der Waals surface area contributed by atoms with E-state index in [-0.39, 0.29) is 30.3 Å². The van der Waals surface area contributed by atoms with Gasteiger partial charge in [0.25, 0.3) is 0 Å². The molecule has 5 aliphatic carbocycles. The fourth-order valence-corrected chi connectivity index (χ4v) is 20.6. The van der Waals surface area contributed by atoms with Crippen molar-refractivity contribution < 1.29 is 158 Å². The molecule has 6 saturated heterocycles. The molecule has 0 aromatic heterocycles. The molecular weight excluding hydrogens is 1350 g/mol. The minimum Gasteiger partial charge on any atom is -0.479 e. The molecule has 11 aliphatic rings. The maximum absolute atomic E-state index is 14.1. The highest BCUT2D eigenvalue weighted by Gasteiger charge is 2.86.